The number of rotatable bonds is 13. The summed E-state index contributed by atoms with van der Waals surface area (Å²) in [6, 6.07) is 12.7. The molecular weight excluding hydrogens is 469 g/mol. The number of sulfonamides is 1. The minimum atomic E-state index is -3.75. The van der Waals surface area contributed by atoms with Crippen LogP contribution in [0.25, 0.3) is 0 Å². The molecule has 0 bridgehead atoms. The number of carbonyl (C=O) groups is 2. The number of hydrogen-bond donors (Lipinski definition) is 1. The van der Waals surface area contributed by atoms with E-state index in [1.165, 1.54) is 18.2 Å². The van der Waals surface area contributed by atoms with Crippen LogP contribution in [0.3, 0.4) is 0 Å². The maximum Gasteiger partial charge on any atom is 0.242 e. The van der Waals surface area contributed by atoms with Gasteiger partial charge in [-0.3, -0.25) is 13.9 Å². The molecule has 7 nitrogen and oxygen atoms in total. The van der Waals surface area contributed by atoms with Crippen molar-refractivity contribution in [1.82, 2.24) is 10.2 Å². The maximum atomic E-state index is 14.3. The Kier molecular flexibility index (Phi) is 10.7. The SMILES string of the molecule is CCCNC(=O)C(CC)N(Cc1cccc(C)c1)C(=O)CCCN(c1ccccc1F)S(C)(=O)=O. The van der Waals surface area contributed by atoms with Gasteiger partial charge < -0.3 is 10.2 Å². The summed E-state index contributed by atoms with van der Waals surface area (Å²) in [5.74, 6) is -1.12. The van der Waals surface area contributed by atoms with Crippen LogP contribution in [-0.4, -0.2) is 50.5 Å². The number of anilines is 1. The van der Waals surface area contributed by atoms with E-state index < -0.39 is 21.9 Å². The fraction of sp³-hybridized carbons (Fsp3) is 0.462. The van der Waals surface area contributed by atoms with Crippen molar-refractivity contribution >= 4 is 27.5 Å². The van der Waals surface area contributed by atoms with Crippen molar-refractivity contribution in [3.05, 3.63) is 65.5 Å². The Morgan fingerprint density at radius 2 is 1.80 bits per heavy atom. The molecule has 35 heavy (non-hydrogen) atoms. The van der Waals surface area contributed by atoms with Crippen LogP contribution in [0, 0.1) is 12.7 Å². The molecule has 0 radical (unpaired) electrons. The lowest BCUT2D eigenvalue weighted by molar-refractivity contribution is -0.141. The van der Waals surface area contributed by atoms with Gasteiger partial charge in [-0.25, -0.2) is 12.8 Å². The molecule has 9 heteroatoms. The lowest BCUT2D eigenvalue weighted by Gasteiger charge is -2.31. The highest BCUT2D eigenvalue weighted by Gasteiger charge is 2.29. The molecule has 192 valence electrons. The van der Waals surface area contributed by atoms with Crippen molar-refractivity contribution in [3.63, 3.8) is 0 Å². The van der Waals surface area contributed by atoms with Gasteiger partial charge in [0.1, 0.15) is 11.9 Å². The van der Waals surface area contributed by atoms with Crippen LogP contribution in [0.4, 0.5) is 10.1 Å². The van der Waals surface area contributed by atoms with E-state index in [2.05, 4.69) is 5.32 Å². The standard InChI is InChI=1S/C26H36FN3O4S/c1-5-16-28-26(32)23(6-2)29(19-21-12-9-11-20(3)18-21)25(31)15-10-17-30(35(4,33)34)24-14-8-7-13-22(24)27/h7-9,11-14,18,23H,5-6,10,15-17,19H2,1-4H3,(H,28,32). The highest BCUT2D eigenvalue weighted by molar-refractivity contribution is 7.92. The summed E-state index contributed by atoms with van der Waals surface area (Å²) in [7, 11) is -3.75. The number of amides is 2. The first-order valence-electron chi connectivity index (χ1n) is 11.9. The second kappa shape index (κ2) is 13.2. The Bertz CT molecular complexity index is 1110. The average molecular weight is 506 g/mol. The van der Waals surface area contributed by atoms with Crippen LogP contribution in [0.2, 0.25) is 0 Å². The number of para-hydroxylation sites is 1. The molecule has 1 N–H and O–H groups in total. The summed E-state index contributed by atoms with van der Waals surface area (Å²) in [4.78, 5) is 27.8. The topological polar surface area (TPSA) is 86.8 Å². The summed E-state index contributed by atoms with van der Waals surface area (Å²) in [6.07, 6.45) is 2.43. The fourth-order valence-electron chi connectivity index (χ4n) is 3.93. The van der Waals surface area contributed by atoms with Gasteiger partial charge in [-0.15, -0.1) is 0 Å². The maximum absolute atomic E-state index is 14.3. The van der Waals surface area contributed by atoms with E-state index in [9.17, 15) is 22.4 Å². The second-order valence-electron chi connectivity index (χ2n) is 8.62. The average Bonchev–Trinajstić information content (AvgIpc) is 2.80. The summed E-state index contributed by atoms with van der Waals surface area (Å²) in [6.45, 7) is 6.51. The normalized spacial score (nSPS) is 12.1. The Morgan fingerprint density at radius 1 is 1.09 bits per heavy atom. The molecule has 0 fully saturated rings. The number of aryl methyl sites for hydroxylation is 1. The molecule has 0 aliphatic rings. The van der Waals surface area contributed by atoms with E-state index in [4.69, 9.17) is 0 Å². The zero-order valence-corrected chi connectivity index (χ0v) is 21.8. The molecular formula is C26H36FN3O4S. The van der Waals surface area contributed by atoms with E-state index in [1.54, 1.807) is 11.0 Å². The fourth-order valence-corrected chi connectivity index (χ4v) is 4.90. The quantitative estimate of drug-likeness (QED) is 0.446. The first-order chi connectivity index (χ1) is 16.6. The third-order valence-electron chi connectivity index (χ3n) is 5.64. The lowest BCUT2D eigenvalue weighted by atomic mass is 10.1. The van der Waals surface area contributed by atoms with Crippen LogP contribution in [-0.2, 0) is 26.2 Å². The number of halogens is 1. The van der Waals surface area contributed by atoms with Gasteiger partial charge in [-0.2, -0.15) is 0 Å². The molecule has 0 aromatic heterocycles. The van der Waals surface area contributed by atoms with Gasteiger partial charge in [-0.1, -0.05) is 55.8 Å². The Balaban J connectivity index is 2.21. The molecule has 0 heterocycles. The largest absolute Gasteiger partial charge is 0.354 e. The third-order valence-corrected chi connectivity index (χ3v) is 6.82. The van der Waals surface area contributed by atoms with E-state index in [0.29, 0.717) is 13.0 Å². The van der Waals surface area contributed by atoms with Crippen LogP contribution in [0.1, 0.15) is 50.7 Å². The van der Waals surface area contributed by atoms with Crippen molar-refractivity contribution in [2.75, 3.05) is 23.7 Å². The lowest BCUT2D eigenvalue weighted by Crippen LogP contribution is -2.49. The van der Waals surface area contributed by atoms with Crippen molar-refractivity contribution in [3.8, 4) is 0 Å². The zero-order valence-electron chi connectivity index (χ0n) is 21.0. The summed E-state index contributed by atoms with van der Waals surface area (Å²) in [5, 5.41) is 2.88. The minimum absolute atomic E-state index is 0.0177. The van der Waals surface area contributed by atoms with E-state index in [0.717, 1.165) is 28.1 Å². The summed E-state index contributed by atoms with van der Waals surface area (Å²) < 4.78 is 39.9. The Labute approximate surface area is 208 Å². The minimum Gasteiger partial charge on any atom is -0.354 e. The van der Waals surface area contributed by atoms with Gasteiger partial charge in [0.05, 0.1) is 11.9 Å². The van der Waals surface area contributed by atoms with E-state index >= 15 is 0 Å². The Hall–Kier alpha value is -2.94. The van der Waals surface area contributed by atoms with Crippen molar-refractivity contribution in [2.24, 2.45) is 0 Å². The molecule has 1 atom stereocenters. The first kappa shape index (κ1) is 28.3. The van der Waals surface area contributed by atoms with Gasteiger partial charge in [0.25, 0.3) is 0 Å². The molecule has 0 aliphatic heterocycles. The highest BCUT2D eigenvalue weighted by atomic mass is 32.2. The number of benzene rings is 2. The van der Waals surface area contributed by atoms with E-state index in [-0.39, 0.29) is 43.4 Å². The molecule has 2 rings (SSSR count). The summed E-state index contributed by atoms with van der Waals surface area (Å²) >= 11 is 0. The third kappa shape index (κ3) is 8.35. The van der Waals surface area contributed by atoms with Crippen LogP contribution >= 0.6 is 0 Å². The molecule has 2 aromatic carbocycles. The second-order valence-corrected chi connectivity index (χ2v) is 10.5. The van der Waals surface area contributed by atoms with Crippen LogP contribution in [0.15, 0.2) is 48.5 Å². The van der Waals surface area contributed by atoms with E-state index in [1.807, 2.05) is 45.0 Å². The number of hydrogen-bond acceptors (Lipinski definition) is 4. The molecule has 1 unspecified atom stereocenters. The van der Waals surface area contributed by atoms with Crippen molar-refractivity contribution in [2.45, 2.75) is 59.0 Å². The molecule has 0 saturated carbocycles. The molecule has 0 spiro atoms. The highest BCUT2D eigenvalue weighted by Crippen LogP contribution is 2.22. The van der Waals surface area contributed by atoms with Gasteiger partial charge in [0.2, 0.25) is 21.8 Å². The van der Waals surface area contributed by atoms with Crippen LogP contribution < -0.4 is 9.62 Å². The molecule has 2 amide bonds. The Morgan fingerprint density at radius 3 is 2.40 bits per heavy atom. The van der Waals surface area contributed by atoms with Crippen molar-refractivity contribution in [1.29, 1.82) is 0 Å². The smallest absolute Gasteiger partial charge is 0.242 e. The number of nitrogens with one attached hydrogen (secondary N) is 1. The van der Waals surface area contributed by atoms with Gasteiger partial charge >= 0.3 is 0 Å². The first-order valence-corrected chi connectivity index (χ1v) is 13.8. The monoisotopic (exact) mass is 505 g/mol. The molecule has 2 aromatic rings. The zero-order chi connectivity index (χ0) is 26.0. The number of nitrogens with zero attached hydrogens (tertiary/aromatic N) is 2. The van der Waals surface area contributed by atoms with Gasteiger partial charge in [0.15, 0.2) is 0 Å². The van der Waals surface area contributed by atoms with Gasteiger partial charge in [-0.05, 0) is 43.9 Å². The summed E-state index contributed by atoms with van der Waals surface area (Å²) in [5.41, 5.74) is 1.90. The van der Waals surface area contributed by atoms with Crippen LogP contribution in [0.5, 0.6) is 0 Å². The molecule has 0 saturated heterocycles. The van der Waals surface area contributed by atoms with Gasteiger partial charge in [0, 0.05) is 26.1 Å². The number of carbonyl (C=O) groups excluding carboxylic acids is 2. The molecule has 0 aliphatic carbocycles. The predicted octanol–water partition coefficient (Wildman–Crippen LogP) is 4.01. The predicted molar refractivity (Wildman–Crippen MR) is 137 cm³/mol. The van der Waals surface area contributed by atoms with Crippen molar-refractivity contribution < 1.29 is 22.4 Å².